The van der Waals surface area contributed by atoms with Gasteiger partial charge in [-0.1, -0.05) is 11.6 Å². The Labute approximate surface area is 199 Å². The maximum Gasteiger partial charge on any atom is 0.410 e. The van der Waals surface area contributed by atoms with Crippen LogP contribution in [0, 0.1) is 0 Å². The number of hydrogen-bond acceptors (Lipinski definition) is 6. The molecule has 1 aromatic carbocycles. The second-order valence-electron chi connectivity index (χ2n) is 10.0. The third-order valence-corrected chi connectivity index (χ3v) is 6.68. The van der Waals surface area contributed by atoms with Crippen LogP contribution in [0.25, 0.3) is 0 Å². The molecule has 8 nitrogen and oxygen atoms in total. The van der Waals surface area contributed by atoms with Crippen molar-refractivity contribution in [1.29, 1.82) is 0 Å². The summed E-state index contributed by atoms with van der Waals surface area (Å²) >= 11 is 6.47. The van der Waals surface area contributed by atoms with Crippen LogP contribution in [0.4, 0.5) is 4.79 Å². The number of rotatable bonds is 2. The first kappa shape index (κ1) is 24.3. The van der Waals surface area contributed by atoms with Crippen molar-refractivity contribution >= 4 is 23.6 Å². The highest BCUT2D eigenvalue weighted by Crippen LogP contribution is 2.36. The highest BCUT2D eigenvalue weighted by atomic mass is 35.5. The first-order valence-corrected chi connectivity index (χ1v) is 11.9. The van der Waals surface area contributed by atoms with Crippen LogP contribution in [0.1, 0.15) is 56.3 Å². The van der Waals surface area contributed by atoms with Gasteiger partial charge in [-0.25, -0.2) is 4.79 Å². The van der Waals surface area contributed by atoms with Gasteiger partial charge in [0.15, 0.2) is 0 Å². The number of fused-ring (bicyclic) bond motifs is 1. The van der Waals surface area contributed by atoms with E-state index in [1.807, 2.05) is 32.9 Å². The average molecular weight is 481 g/mol. The van der Waals surface area contributed by atoms with Gasteiger partial charge < -0.3 is 24.2 Å². The number of aliphatic hydroxyl groups is 1. The van der Waals surface area contributed by atoms with E-state index in [4.69, 9.17) is 25.8 Å². The third kappa shape index (κ3) is 5.29. The summed E-state index contributed by atoms with van der Waals surface area (Å²) in [5.41, 5.74) is 0.864. The van der Waals surface area contributed by atoms with Crippen LogP contribution in [0.15, 0.2) is 12.1 Å². The van der Waals surface area contributed by atoms with Gasteiger partial charge in [-0.3, -0.25) is 9.69 Å². The summed E-state index contributed by atoms with van der Waals surface area (Å²) in [4.78, 5) is 29.6. The minimum atomic E-state index is -1.39. The minimum absolute atomic E-state index is 0.263. The van der Waals surface area contributed by atoms with E-state index in [1.165, 1.54) is 0 Å². The van der Waals surface area contributed by atoms with Crippen LogP contribution in [0.2, 0.25) is 5.02 Å². The molecule has 2 fully saturated rings. The maximum atomic E-state index is 13.3. The van der Waals surface area contributed by atoms with E-state index >= 15 is 0 Å². The summed E-state index contributed by atoms with van der Waals surface area (Å²) in [5.74, 6) is -0.263. The van der Waals surface area contributed by atoms with E-state index in [0.29, 0.717) is 70.3 Å². The lowest BCUT2D eigenvalue weighted by atomic mass is 9.88. The fraction of sp³-hybridized carbons (Fsp3) is 0.667. The van der Waals surface area contributed by atoms with Gasteiger partial charge in [0.05, 0.1) is 19.3 Å². The molecule has 0 saturated carbocycles. The summed E-state index contributed by atoms with van der Waals surface area (Å²) in [6, 6.07) is 3.41. The van der Waals surface area contributed by atoms with Crippen molar-refractivity contribution in [1.82, 2.24) is 9.80 Å². The van der Waals surface area contributed by atoms with Crippen LogP contribution in [0.5, 0.6) is 0 Å². The Morgan fingerprint density at radius 2 is 1.88 bits per heavy atom. The standard InChI is InChI=1S/C24H33ClN2O6/c1-23(2,3)33-22(29)27-8-11-32-15-20(27)18-13-17(25)12-16-4-7-26(14-19(16)18)21(28)24(30)5-9-31-10-6-24/h12-13,20,30H,4-11,14-15H2,1-3H3/t20-/m0/s1. The second kappa shape index (κ2) is 9.41. The van der Waals surface area contributed by atoms with Crippen molar-refractivity contribution < 1.29 is 28.9 Å². The van der Waals surface area contributed by atoms with E-state index < -0.39 is 17.3 Å². The Balaban J connectivity index is 1.63. The Kier molecular flexibility index (Phi) is 6.92. The zero-order valence-electron chi connectivity index (χ0n) is 19.6. The molecule has 2 amide bonds. The Hall–Kier alpha value is -1.87. The first-order valence-electron chi connectivity index (χ1n) is 11.6. The van der Waals surface area contributed by atoms with Crippen LogP contribution in [-0.4, -0.2) is 77.6 Å². The lowest BCUT2D eigenvalue weighted by Gasteiger charge is -2.41. The number of benzene rings is 1. The van der Waals surface area contributed by atoms with E-state index in [0.717, 1.165) is 16.7 Å². The third-order valence-electron chi connectivity index (χ3n) is 6.46. The number of morpholine rings is 1. The monoisotopic (exact) mass is 480 g/mol. The molecule has 0 unspecified atom stereocenters. The van der Waals surface area contributed by atoms with Gasteiger partial charge in [0, 0.05) is 50.7 Å². The Bertz CT molecular complexity index is 909. The lowest BCUT2D eigenvalue weighted by molar-refractivity contribution is -0.161. The van der Waals surface area contributed by atoms with Crippen molar-refractivity contribution in [2.24, 2.45) is 0 Å². The van der Waals surface area contributed by atoms with Gasteiger partial charge in [0.25, 0.3) is 5.91 Å². The zero-order valence-corrected chi connectivity index (χ0v) is 20.3. The molecule has 3 aliphatic heterocycles. The highest BCUT2D eigenvalue weighted by Gasteiger charge is 2.42. The Morgan fingerprint density at radius 1 is 1.15 bits per heavy atom. The predicted molar refractivity (Wildman–Crippen MR) is 122 cm³/mol. The minimum Gasteiger partial charge on any atom is -0.444 e. The molecule has 182 valence electrons. The fourth-order valence-electron chi connectivity index (χ4n) is 4.75. The van der Waals surface area contributed by atoms with Gasteiger partial charge in [-0.05, 0) is 56.0 Å². The van der Waals surface area contributed by atoms with E-state index in [-0.39, 0.29) is 11.9 Å². The summed E-state index contributed by atoms with van der Waals surface area (Å²) in [5, 5.41) is 11.5. The van der Waals surface area contributed by atoms with Crippen molar-refractivity contribution in [3.63, 3.8) is 0 Å². The van der Waals surface area contributed by atoms with Gasteiger partial charge in [0.2, 0.25) is 0 Å². The molecular weight excluding hydrogens is 448 g/mol. The number of carbonyl (C=O) groups excluding carboxylic acids is 2. The topological polar surface area (TPSA) is 88.5 Å². The van der Waals surface area contributed by atoms with Crippen molar-refractivity contribution in [2.45, 2.75) is 63.8 Å². The maximum absolute atomic E-state index is 13.3. The van der Waals surface area contributed by atoms with E-state index in [1.54, 1.807) is 9.80 Å². The number of nitrogens with zero attached hydrogens (tertiary/aromatic N) is 2. The second-order valence-corrected chi connectivity index (χ2v) is 10.5. The van der Waals surface area contributed by atoms with Crippen LogP contribution in [0.3, 0.4) is 0 Å². The Morgan fingerprint density at radius 3 is 2.58 bits per heavy atom. The zero-order chi connectivity index (χ0) is 23.8. The molecule has 0 bridgehead atoms. The van der Waals surface area contributed by atoms with Crippen molar-refractivity contribution in [3.8, 4) is 0 Å². The number of hydrogen-bond donors (Lipinski definition) is 1. The number of halogens is 1. The smallest absolute Gasteiger partial charge is 0.410 e. The summed E-state index contributed by atoms with van der Waals surface area (Å²) in [6.07, 6.45) is 0.822. The molecule has 2 saturated heterocycles. The number of ether oxygens (including phenoxy) is 3. The predicted octanol–water partition coefficient (Wildman–Crippen LogP) is 3.07. The largest absolute Gasteiger partial charge is 0.444 e. The molecule has 3 heterocycles. The average Bonchev–Trinajstić information content (AvgIpc) is 2.77. The molecule has 3 aliphatic rings. The molecule has 1 N–H and O–H groups in total. The normalized spacial score (nSPS) is 23.1. The summed E-state index contributed by atoms with van der Waals surface area (Å²) < 4.78 is 16.7. The fourth-order valence-corrected chi connectivity index (χ4v) is 5.00. The molecule has 1 aromatic rings. The first-order chi connectivity index (χ1) is 15.6. The molecule has 33 heavy (non-hydrogen) atoms. The number of carbonyl (C=O) groups is 2. The molecule has 4 rings (SSSR count). The van der Waals surface area contributed by atoms with E-state index in [2.05, 4.69) is 0 Å². The van der Waals surface area contributed by atoms with Crippen LogP contribution in [-0.2, 0) is 32.0 Å². The van der Waals surface area contributed by atoms with Gasteiger partial charge >= 0.3 is 6.09 Å². The molecule has 0 aromatic heterocycles. The van der Waals surface area contributed by atoms with Crippen LogP contribution >= 0.6 is 11.6 Å². The van der Waals surface area contributed by atoms with Gasteiger partial charge in [0.1, 0.15) is 11.2 Å². The molecule has 1 atom stereocenters. The van der Waals surface area contributed by atoms with Crippen molar-refractivity contribution in [3.05, 3.63) is 33.8 Å². The molecule has 0 radical (unpaired) electrons. The van der Waals surface area contributed by atoms with Crippen LogP contribution < -0.4 is 0 Å². The number of amides is 2. The summed E-state index contributed by atoms with van der Waals surface area (Å²) in [7, 11) is 0. The van der Waals surface area contributed by atoms with Gasteiger partial charge in [-0.15, -0.1) is 0 Å². The SMILES string of the molecule is CC(C)(C)OC(=O)N1CCOC[C@H]1c1cc(Cl)cc2c1CN(C(=O)C1(O)CCOCC1)CC2. The van der Waals surface area contributed by atoms with E-state index in [9.17, 15) is 14.7 Å². The molecule has 0 aliphatic carbocycles. The van der Waals surface area contributed by atoms with Gasteiger partial charge in [-0.2, -0.15) is 0 Å². The molecular formula is C24H33ClN2O6. The lowest BCUT2D eigenvalue weighted by Crippen LogP contribution is -2.53. The molecule has 9 heteroatoms. The van der Waals surface area contributed by atoms with Crippen molar-refractivity contribution in [2.75, 3.05) is 39.5 Å². The quantitative estimate of drug-likeness (QED) is 0.699. The molecule has 0 spiro atoms. The summed E-state index contributed by atoms with van der Waals surface area (Å²) in [6.45, 7) is 8.27. The highest BCUT2D eigenvalue weighted by molar-refractivity contribution is 6.30.